The van der Waals surface area contributed by atoms with E-state index in [1.54, 1.807) is 37.5 Å². The molecule has 3 rings (SSSR count). The lowest BCUT2D eigenvalue weighted by Gasteiger charge is -2.12. The molecule has 1 fully saturated rings. The first-order chi connectivity index (χ1) is 18.4. The van der Waals surface area contributed by atoms with E-state index in [1.807, 2.05) is 12.1 Å². The maximum atomic E-state index is 13.1. The van der Waals surface area contributed by atoms with Gasteiger partial charge in [-0.2, -0.15) is 8.42 Å². The smallest absolute Gasteiger partial charge is 0.284 e. The number of thioether (sulfide) groups is 1. The van der Waals surface area contributed by atoms with E-state index in [-0.39, 0.29) is 22.5 Å². The Morgan fingerprint density at radius 3 is 2.39 bits per heavy atom. The highest BCUT2D eigenvalue weighted by Crippen LogP contribution is 2.35. The van der Waals surface area contributed by atoms with Crippen LogP contribution in [0.3, 0.4) is 0 Å². The standard InChI is InChI=1S/C29H36N2O5S2/c1-4-6-7-8-9-10-14-20-36-25-18-17-23(21-26(25)35-3)22-27-28(32)31(19-5-2)29(37-27)30-38(33,34)24-15-12-11-13-16-24/h5,11-13,15-18,21-22H,2,4,6-10,14,19-20H2,1,3H3/b27-22-,30-29?. The fourth-order valence-electron chi connectivity index (χ4n) is 3.90. The van der Waals surface area contributed by atoms with Crippen molar-refractivity contribution in [3.63, 3.8) is 0 Å². The third-order valence-electron chi connectivity index (χ3n) is 5.93. The molecule has 1 aliphatic heterocycles. The largest absolute Gasteiger partial charge is 0.493 e. The number of hydrogen-bond acceptors (Lipinski definition) is 6. The van der Waals surface area contributed by atoms with Gasteiger partial charge >= 0.3 is 0 Å². The Labute approximate surface area is 230 Å². The zero-order valence-corrected chi connectivity index (χ0v) is 23.7. The Hall–Kier alpha value is -3.04. The van der Waals surface area contributed by atoms with Crippen molar-refractivity contribution in [1.82, 2.24) is 4.90 Å². The first-order valence-corrected chi connectivity index (χ1v) is 15.2. The molecule has 7 nitrogen and oxygen atoms in total. The van der Waals surface area contributed by atoms with Gasteiger partial charge in [-0.3, -0.25) is 9.69 Å². The van der Waals surface area contributed by atoms with Crippen LogP contribution in [0.15, 0.2) is 75.4 Å². The van der Waals surface area contributed by atoms with Crippen molar-refractivity contribution in [3.8, 4) is 11.5 Å². The summed E-state index contributed by atoms with van der Waals surface area (Å²) in [6, 6.07) is 13.4. The number of methoxy groups -OCH3 is 1. The minimum atomic E-state index is -3.98. The Kier molecular flexibility index (Phi) is 11.5. The molecular weight excluding hydrogens is 520 g/mol. The minimum absolute atomic E-state index is 0.0633. The van der Waals surface area contributed by atoms with Crippen LogP contribution in [-0.2, 0) is 14.8 Å². The highest BCUT2D eigenvalue weighted by Gasteiger charge is 2.34. The average molecular weight is 557 g/mol. The number of benzene rings is 2. The molecule has 1 amide bonds. The summed E-state index contributed by atoms with van der Waals surface area (Å²) >= 11 is 1.02. The monoisotopic (exact) mass is 556 g/mol. The molecule has 0 spiro atoms. The van der Waals surface area contributed by atoms with Crippen LogP contribution < -0.4 is 9.47 Å². The second kappa shape index (κ2) is 14.8. The number of amidine groups is 1. The van der Waals surface area contributed by atoms with Gasteiger partial charge in [0.2, 0.25) is 0 Å². The van der Waals surface area contributed by atoms with Crippen LogP contribution >= 0.6 is 11.8 Å². The second-order valence-electron chi connectivity index (χ2n) is 8.86. The van der Waals surface area contributed by atoms with E-state index in [2.05, 4.69) is 17.9 Å². The molecule has 2 aromatic carbocycles. The fourth-order valence-corrected chi connectivity index (χ4v) is 6.11. The first kappa shape index (κ1) is 29.5. The molecule has 1 saturated heterocycles. The van der Waals surface area contributed by atoms with Crippen LogP contribution in [0.5, 0.6) is 11.5 Å². The van der Waals surface area contributed by atoms with E-state index in [4.69, 9.17) is 9.47 Å². The summed E-state index contributed by atoms with van der Waals surface area (Å²) in [6.45, 7) is 6.66. The van der Waals surface area contributed by atoms with Crippen molar-refractivity contribution < 1.29 is 22.7 Å². The Morgan fingerprint density at radius 2 is 1.71 bits per heavy atom. The molecule has 0 bridgehead atoms. The van der Waals surface area contributed by atoms with Crippen molar-refractivity contribution in [2.24, 2.45) is 4.40 Å². The molecule has 0 unspecified atom stereocenters. The number of carbonyl (C=O) groups excluding carboxylic acids is 1. The summed E-state index contributed by atoms with van der Waals surface area (Å²) in [7, 11) is -2.40. The van der Waals surface area contributed by atoms with Gasteiger partial charge in [-0.25, -0.2) is 0 Å². The van der Waals surface area contributed by atoms with E-state index >= 15 is 0 Å². The Balaban J connectivity index is 1.71. The van der Waals surface area contributed by atoms with Crippen LogP contribution in [0.2, 0.25) is 0 Å². The van der Waals surface area contributed by atoms with Crippen molar-refractivity contribution in [1.29, 1.82) is 0 Å². The van der Waals surface area contributed by atoms with Crippen molar-refractivity contribution in [2.75, 3.05) is 20.3 Å². The van der Waals surface area contributed by atoms with Gasteiger partial charge in [0, 0.05) is 6.54 Å². The number of nitrogens with zero attached hydrogens (tertiary/aromatic N) is 2. The van der Waals surface area contributed by atoms with Gasteiger partial charge in [0.05, 0.1) is 23.5 Å². The molecular formula is C29H36N2O5S2. The highest BCUT2D eigenvalue weighted by molar-refractivity contribution is 8.19. The number of carbonyl (C=O) groups is 1. The lowest BCUT2D eigenvalue weighted by Crippen LogP contribution is -2.29. The molecule has 2 aromatic rings. The summed E-state index contributed by atoms with van der Waals surface area (Å²) in [5.74, 6) is 0.881. The van der Waals surface area contributed by atoms with Crippen molar-refractivity contribution in [2.45, 2.75) is 56.8 Å². The van der Waals surface area contributed by atoms with Crippen LogP contribution in [0.4, 0.5) is 0 Å². The summed E-state index contributed by atoms with van der Waals surface area (Å²) < 4.78 is 41.0. The molecule has 38 heavy (non-hydrogen) atoms. The van der Waals surface area contributed by atoms with Crippen LogP contribution in [0, 0.1) is 0 Å². The van der Waals surface area contributed by atoms with Crippen LogP contribution in [-0.4, -0.2) is 44.7 Å². The van der Waals surface area contributed by atoms with E-state index in [1.165, 1.54) is 55.2 Å². The van der Waals surface area contributed by atoms with Crippen LogP contribution in [0.25, 0.3) is 6.08 Å². The van der Waals surface area contributed by atoms with Gasteiger partial charge < -0.3 is 9.47 Å². The molecule has 1 aliphatic rings. The maximum Gasteiger partial charge on any atom is 0.284 e. The first-order valence-electron chi connectivity index (χ1n) is 12.9. The molecule has 0 N–H and O–H groups in total. The predicted octanol–water partition coefficient (Wildman–Crippen LogP) is 6.67. The van der Waals surface area contributed by atoms with E-state index in [9.17, 15) is 13.2 Å². The molecule has 0 saturated carbocycles. The van der Waals surface area contributed by atoms with Crippen molar-refractivity contribution >= 4 is 38.9 Å². The second-order valence-corrected chi connectivity index (χ2v) is 11.5. The zero-order valence-electron chi connectivity index (χ0n) is 22.1. The minimum Gasteiger partial charge on any atom is -0.493 e. The van der Waals surface area contributed by atoms with Gasteiger partial charge in [0.1, 0.15) is 0 Å². The van der Waals surface area contributed by atoms with Gasteiger partial charge in [0.15, 0.2) is 16.7 Å². The number of unbranched alkanes of at least 4 members (excludes halogenated alkanes) is 6. The number of amides is 1. The number of sulfonamides is 1. The van der Waals surface area contributed by atoms with Gasteiger partial charge in [-0.1, -0.05) is 75.8 Å². The van der Waals surface area contributed by atoms with Crippen LogP contribution in [0.1, 0.15) is 57.4 Å². The lowest BCUT2D eigenvalue weighted by atomic mass is 10.1. The Morgan fingerprint density at radius 1 is 1.00 bits per heavy atom. The summed E-state index contributed by atoms with van der Waals surface area (Å²) in [5.41, 5.74) is 0.728. The molecule has 1 heterocycles. The van der Waals surface area contributed by atoms with E-state index < -0.39 is 10.0 Å². The Bertz CT molecular complexity index is 1260. The van der Waals surface area contributed by atoms with E-state index in [0.717, 1.165) is 30.2 Å². The third kappa shape index (κ3) is 8.23. The molecule has 9 heteroatoms. The lowest BCUT2D eigenvalue weighted by molar-refractivity contribution is -0.121. The normalized spacial score (nSPS) is 15.8. The fraction of sp³-hybridized carbons (Fsp3) is 0.379. The van der Waals surface area contributed by atoms with Gasteiger partial charge in [-0.15, -0.1) is 11.0 Å². The van der Waals surface area contributed by atoms with Gasteiger partial charge in [0.25, 0.3) is 15.9 Å². The topological polar surface area (TPSA) is 85.3 Å². The van der Waals surface area contributed by atoms with Gasteiger partial charge in [-0.05, 0) is 54.1 Å². The summed E-state index contributed by atoms with van der Waals surface area (Å²) in [4.78, 5) is 14.8. The zero-order chi connectivity index (χ0) is 27.4. The molecule has 204 valence electrons. The molecule has 0 atom stereocenters. The maximum absolute atomic E-state index is 13.1. The third-order valence-corrected chi connectivity index (χ3v) is 8.33. The number of ether oxygens (including phenoxy) is 2. The average Bonchev–Trinajstić information content (AvgIpc) is 3.19. The number of rotatable bonds is 15. The van der Waals surface area contributed by atoms with E-state index in [0.29, 0.717) is 23.0 Å². The quantitative estimate of drug-likeness (QED) is 0.138. The SMILES string of the molecule is C=CCN1C(=O)/C(=C/c2ccc(OCCCCCCCCC)c(OC)c2)SC1=NS(=O)(=O)c1ccccc1. The predicted molar refractivity (Wildman–Crippen MR) is 155 cm³/mol. The highest BCUT2D eigenvalue weighted by atomic mass is 32.2. The summed E-state index contributed by atoms with van der Waals surface area (Å²) in [5, 5.41) is 0.0895. The molecule has 0 aliphatic carbocycles. The summed E-state index contributed by atoms with van der Waals surface area (Å²) in [6.07, 6.45) is 11.7. The van der Waals surface area contributed by atoms with Crippen molar-refractivity contribution in [3.05, 3.63) is 71.7 Å². The number of hydrogen-bond donors (Lipinski definition) is 0. The molecule has 0 aromatic heterocycles. The molecule has 0 radical (unpaired) electrons.